The van der Waals surface area contributed by atoms with Crippen LogP contribution in [0.5, 0.6) is 0 Å². The SMILES string of the molecule is CCC1(N)Nc2c(N)nc3ccccc3c2N1CC(C)C. The molecule has 0 radical (unpaired) electrons. The van der Waals surface area contributed by atoms with Gasteiger partial charge in [0, 0.05) is 18.4 Å². The highest BCUT2D eigenvalue weighted by Crippen LogP contribution is 2.46. The van der Waals surface area contributed by atoms with Crippen LogP contribution in [-0.2, 0) is 0 Å². The predicted octanol–water partition coefficient (Wildman–Crippen LogP) is 2.73. The van der Waals surface area contributed by atoms with Gasteiger partial charge in [0.05, 0.1) is 11.2 Å². The smallest absolute Gasteiger partial charge is 0.164 e. The summed E-state index contributed by atoms with van der Waals surface area (Å²) in [4.78, 5) is 6.74. The number of nitrogens with two attached hydrogens (primary N) is 2. The number of para-hydroxylation sites is 1. The van der Waals surface area contributed by atoms with Crippen LogP contribution in [0.2, 0.25) is 0 Å². The van der Waals surface area contributed by atoms with Crippen LogP contribution in [0, 0.1) is 5.92 Å². The average Bonchev–Trinajstić information content (AvgIpc) is 2.74. The van der Waals surface area contributed by atoms with Crippen LogP contribution >= 0.6 is 0 Å². The molecule has 1 unspecified atom stereocenters. The summed E-state index contributed by atoms with van der Waals surface area (Å²) in [6.07, 6.45) is 0.780. The molecule has 0 bridgehead atoms. The lowest BCUT2D eigenvalue weighted by atomic mass is 10.1. The Hall–Kier alpha value is -2.01. The molecule has 0 spiro atoms. The van der Waals surface area contributed by atoms with E-state index in [1.165, 1.54) is 0 Å². The summed E-state index contributed by atoms with van der Waals surface area (Å²) in [5.41, 5.74) is 15.6. The van der Waals surface area contributed by atoms with Gasteiger partial charge in [0.25, 0.3) is 0 Å². The molecule has 5 heteroatoms. The number of hydrogen-bond acceptors (Lipinski definition) is 5. The molecule has 0 saturated carbocycles. The monoisotopic (exact) mass is 285 g/mol. The minimum absolute atomic E-state index is 0.500. The van der Waals surface area contributed by atoms with Gasteiger partial charge >= 0.3 is 0 Å². The predicted molar refractivity (Wildman–Crippen MR) is 89.2 cm³/mol. The van der Waals surface area contributed by atoms with Crippen LogP contribution in [0.4, 0.5) is 17.2 Å². The number of anilines is 3. The van der Waals surface area contributed by atoms with Crippen LogP contribution in [-0.4, -0.2) is 17.3 Å². The zero-order valence-corrected chi connectivity index (χ0v) is 12.9. The topological polar surface area (TPSA) is 80.2 Å². The molecule has 0 aliphatic carbocycles. The van der Waals surface area contributed by atoms with Crippen LogP contribution in [0.25, 0.3) is 10.9 Å². The first-order valence-corrected chi connectivity index (χ1v) is 7.49. The Bertz CT molecular complexity index is 682. The summed E-state index contributed by atoms with van der Waals surface area (Å²) in [7, 11) is 0. The number of rotatable bonds is 3. The van der Waals surface area contributed by atoms with Gasteiger partial charge in [-0.25, -0.2) is 4.98 Å². The summed E-state index contributed by atoms with van der Waals surface area (Å²) in [6.45, 7) is 7.34. The number of nitrogens with zero attached hydrogens (tertiary/aromatic N) is 2. The van der Waals surface area contributed by atoms with E-state index >= 15 is 0 Å². The molecule has 1 aromatic heterocycles. The Morgan fingerprint density at radius 3 is 2.71 bits per heavy atom. The van der Waals surface area contributed by atoms with E-state index in [4.69, 9.17) is 11.5 Å². The van der Waals surface area contributed by atoms with E-state index in [2.05, 4.69) is 42.0 Å². The van der Waals surface area contributed by atoms with Gasteiger partial charge in [0.1, 0.15) is 11.5 Å². The van der Waals surface area contributed by atoms with Gasteiger partial charge in [-0.2, -0.15) is 0 Å². The standard InChI is InChI=1S/C16H23N5/c1-4-16(18)20-13-14(21(16)9-10(2)3)11-7-5-6-8-12(11)19-15(13)17/h5-8,10,20H,4,9,18H2,1-3H3,(H2,17,19). The number of nitrogen functional groups attached to an aromatic ring is 1. The molecule has 112 valence electrons. The van der Waals surface area contributed by atoms with E-state index in [1.54, 1.807) is 0 Å². The highest BCUT2D eigenvalue weighted by Gasteiger charge is 2.41. The maximum absolute atomic E-state index is 6.59. The van der Waals surface area contributed by atoms with Crippen molar-refractivity contribution in [3.05, 3.63) is 24.3 Å². The Kier molecular flexibility index (Phi) is 3.17. The van der Waals surface area contributed by atoms with Crippen LogP contribution in [0.15, 0.2) is 24.3 Å². The molecule has 21 heavy (non-hydrogen) atoms. The van der Waals surface area contributed by atoms with Crippen molar-refractivity contribution in [2.24, 2.45) is 11.7 Å². The van der Waals surface area contributed by atoms with Crippen molar-refractivity contribution in [3.8, 4) is 0 Å². The number of benzene rings is 1. The third-order valence-corrected chi connectivity index (χ3v) is 4.07. The molecule has 1 atom stereocenters. The van der Waals surface area contributed by atoms with E-state index in [9.17, 15) is 0 Å². The summed E-state index contributed by atoms with van der Waals surface area (Å²) in [5.74, 6) is 0.408. The Morgan fingerprint density at radius 2 is 2.05 bits per heavy atom. The molecule has 2 heterocycles. The molecular weight excluding hydrogens is 262 g/mol. The lowest BCUT2D eigenvalue weighted by Crippen LogP contribution is -2.59. The minimum atomic E-state index is -0.605. The molecule has 0 fully saturated rings. The highest BCUT2D eigenvalue weighted by atomic mass is 15.5. The van der Waals surface area contributed by atoms with E-state index in [0.29, 0.717) is 11.7 Å². The highest BCUT2D eigenvalue weighted by molar-refractivity contribution is 6.04. The van der Waals surface area contributed by atoms with Gasteiger partial charge < -0.3 is 16.0 Å². The number of fused-ring (bicyclic) bond motifs is 3. The van der Waals surface area contributed by atoms with Crippen molar-refractivity contribution in [2.45, 2.75) is 33.0 Å². The zero-order valence-electron chi connectivity index (χ0n) is 12.9. The van der Waals surface area contributed by atoms with Crippen molar-refractivity contribution in [1.29, 1.82) is 0 Å². The normalized spacial score (nSPS) is 20.9. The number of hydrogen-bond donors (Lipinski definition) is 3. The number of nitrogens with one attached hydrogen (secondary N) is 1. The first kappa shape index (κ1) is 13.9. The molecule has 1 aliphatic rings. The fourth-order valence-corrected chi connectivity index (χ4v) is 3.00. The van der Waals surface area contributed by atoms with Crippen molar-refractivity contribution < 1.29 is 0 Å². The lowest BCUT2D eigenvalue weighted by Gasteiger charge is -2.37. The molecule has 1 aromatic carbocycles. The van der Waals surface area contributed by atoms with Gasteiger partial charge in [0.15, 0.2) is 5.79 Å². The molecule has 0 amide bonds. The number of aromatic nitrogens is 1. The zero-order chi connectivity index (χ0) is 15.2. The summed E-state index contributed by atoms with van der Waals surface area (Å²) in [6, 6.07) is 8.07. The van der Waals surface area contributed by atoms with Gasteiger partial charge in [-0.05, 0) is 12.0 Å². The quantitative estimate of drug-likeness (QED) is 0.808. The van der Waals surface area contributed by atoms with E-state index < -0.39 is 5.79 Å². The molecular formula is C16H23N5. The van der Waals surface area contributed by atoms with Gasteiger partial charge in [0.2, 0.25) is 0 Å². The second-order valence-electron chi connectivity index (χ2n) is 6.15. The Labute approximate surface area is 125 Å². The minimum Gasteiger partial charge on any atom is -0.382 e. The molecule has 5 nitrogen and oxygen atoms in total. The molecule has 0 saturated heterocycles. The van der Waals surface area contributed by atoms with Gasteiger partial charge in [-0.3, -0.25) is 5.73 Å². The second-order valence-corrected chi connectivity index (χ2v) is 6.15. The van der Waals surface area contributed by atoms with Crippen LogP contribution in [0.3, 0.4) is 0 Å². The third-order valence-electron chi connectivity index (χ3n) is 4.07. The summed E-state index contributed by atoms with van der Waals surface area (Å²) >= 11 is 0. The fraction of sp³-hybridized carbons (Fsp3) is 0.438. The maximum Gasteiger partial charge on any atom is 0.164 e. The largest absolute Gasteiger partial charge is 0.382 e. The van der Waals surface area contributed by atoms with Crippen molar-refractivity contribution in [1.82, 2.24) is 4.98 Å². The fourth-order valence-electron chi connectivity index (χ4n) is 3.00. The van der Waals surface area contributed by atoms with E-state index in [1.807, 2.05) is 18.2 Å². The van der Waals surface area contributed by atoms with E-state index in [0.717, 1.165) is 35.2 Å². The van der Waals surface area contributed by atoms with Crippen LogP contribution in [0.1, 0.15) is 27.2 Å². The Morgan fingerprint density at radius 1 is 1.33 bits per heavy atom. The van der Waals surface area contributed by atoms with Crippen molar-refractivity contribution >= 4 is 28.1 Å². The van der Waals surface area contributed by atoms with Crippen LogP contribution < -0.4 is 21.7 Å². The van der Waals surface area contributed by atoms with Gasteiger partial charge in [-0.15, -0.1) is 0 Å². The number of pyridine rings is 1. The van der Waals surface area contributed by atoms with Crippen molar-refractivity contribution in [3.63, 3.8) is 0 Å². The summed E-state index contributed by atoms with van der Waals surface area (Å²) in [5, 5.41) is 4.49. The molecule has 1 aliphatic heterocycles. The third kappa shape index (κ3) is 2.08. The maximum atomic E-state index is 6.59. The lowest BCUT2D eigenvalue weighted by molar-refractivity contribution is 0.427. The first-order chi connectivity index (χ1) is 9.96. The first-order valence-electron chi connectivity index (χ1n) is 7.49. The molecule has 2 aromatic rings. The van der Waals surface area contributed by atoms with Gasteiger partial charge in [-0.1, -0.05) is 39.0 Å². The second kappa shape index (κ2) is 4.77. The average molecular weight is 285 g/mol. The van der Waals surface area contributed by atoms with E-state index in [-0.39, 0.29) is 0 Å². The molecule has 5 N–H and O–H groups in total. The summed E-state index contributed by atoms with van der Waals surface area (Å²) < 4.78 is 0. The molecule has 3 rings (SSSR count). The Balaban J connectivity index is 2.27. The van der Waals surface area contributed by atoms with Crippen molar-refractivity contribution in [2.75, 3.05) is 22.5 Å².